The topological polar surface area (TPSA) is 64.6 Å². The lowest BCUT2D eigenvalue weighted by Gasteiger charge is -2.09. The summed E-state index contributed by atoms with van der Waals surface area (Å²) in [5.41, 5.74) is 0. The van der Waals surface area contributed by atoms with Gasteiger partial charge in [0, 0.05) is 0 Å². The van der Waals surface area contributed by atoms with E-state index in [1.807, 2.05) is 6.92 Å². The molecule has 5 heteroatoms. The molecule has 1 atom stereocenters. The van der Waals surface area contributed by atoms with Gasteiger partial charge in [0.25, 0.3) is 0 Å². The molecule has 0 aromatic heterocycles. The third-order valence-electron chi connectivity index (χ3n) is 1.82. The van der Waals surface area contributed by atoms with Crippen LogP contribution in [0.5, 0.6) is 0 Å². The Morgan fingerprint density at radius 1 is 1.43 bits per heavy atom. The maximum Gasteiger partial charge on any atom is 0.406 e. The van der Waals surface area contributed by atoms with Gasteiger partial charge in [0.1, 0.15) is 6.61 Å². The molecule has 0 fully saturated rings. The fourth-order valence-electron chi connectivity index (χ4n) is 0.686. The Kier molecular flexibility index (Phi) is 6.53. The van der Waals surface area contributed by atoms with Crippen molar-refractivity contribution < 1.29 is 19.1 Å². The normalized spacial score (nSPS) is 11.6. The quantitative estimate of drug-likeness (QED) is 0.533. The van der Waals surface area contributed by atoms with Crippen molar-refractivity contribution in [2.24, 2.45) is 5.92 Å². The number of esters is 1. The summed E-state index contributed by atoms with van der Waals surface area (Å²) in [5, 5.41) is 2.41. The van der Waals surface area contributed by atoms with Crippen LogP contribution in [0.1, 0.15) is 20.3 Å². The van der Waals surface area contributed by atoms with E-state index in [2.05, 4.69) is 10.1 Å². The fraction of sp³-hybridized carbons (Fsp3) is 0.778. The molecular weight excluding hydrogens is 186 g/mol. The van der Waals surface area contributed by atoms with E-state index in [9.17, 15) is 9.59 Å². The van der Waals surface area contributed by atoms with Crippen LogP contribution in [0.4, 0.5) is 4.79 Å². The molecule has 1 amide bonds. The van der Waals surface area contributed by atoms with Crippen LogP contribution in [0.25, 0.3) is 0 Å². The van der Waals surface area contributed by atoms with Gasteiger partial charge < -0.3 is 14.8 Å². The maximum absolute atomic E-state index is 11.1. The molecule has 5 nitrogen and oxygen atoms in total. The summed E-state index contributed by atoms with van der Waals surface area (Å²) in [6.07, 6.45) is 0.230. The van der Waals surface area contributed by atoms with Crippen molar-refractivity contribution in [2.45, 2.75) is 20.3 Å². The van der Waals surface area contributed by atoms with Crippen LogP contribution in [-0.2, 0) is 14.3 Å². The second-order valence-electron chi connectivity index (χ2n) is 2.90. The summed E-state index contributed by atoms with van der Waals surface area (Å²) in [6, 6.07) is 0. The number of alkyl carbamates (subject to hydrolysis) is 1. The summed E-state index contributed by atoms with van der Waals surface area (Å²) in [6.45, 7) is 4.17. The van der Waals surface area contributed by atoms with Crippen LogP contribution in [0, 0.1) is 5.92 Å². The van der Waals surface area contributed by atoms with Crippen LogP contribution in [0.15, 0.2) is 0 Å². The average molecular weight is 203 g/mol. The Bertz CT molecular complexity index is 193. The molecule has 0 radical (unpaired) electrons. The van der Waals surface area contributed by atoms with E-state index in [0.717, 1.165) is 6.42 Å². The van der Waals surface area contributed by atoms with Crippen LogP contribution in [0.2, 0.25) is 0 Å². The summed E-state index contributed by atoms with van der Waals surface area (Å²) in [5.74, 6) is -0.327. The lowest BCUT2D eigenvalue weighted by molar-refractivity contribution is -0.147. The van der Waals surface area contributed by atoms with Crippen LogP contribution >= 0.6 is 0 Å². The zero-order valence-electron chi connectivity index (χ0n) is 8.83. The smallest absolute Gasteiger partial charge is 0.406 e. The Balaban J connectivity index is 3.45. The lowest BCUT2D eigenvalue weighted by Crippen LogP contribution is -2.28. The average Bonchev–Trinajstić information content (AvgIpc) is 2.22. The van der Waals surface area contributed by atoms with E-state index in [4.69, 9.17) is 4.74 Å². The molecule has 0 aliphatic heterocycles. The van der Waals surface area contributed by atoms with Crippen molar-refractivity contribution in [1.29, 1.82) is 0 Å². The number of carbonyl (C=O) groups excluding carboxylic acids is 2. The molecule has 0 spiro atoms. The second kappa shape index (κ2) is 7.17. The van der Waals surface area contributed by atoms with E-state index in [1.54, 1.807) is 6.92 Å². The van der Waals surface area contributed by atoms with Gasteiger partial charge in [-0.1, -0.05) is 13.8 Å². The zero-order chi connectivity index (χ0) is 11.0. The number of ether oxygens (including phenoxy) is 2. The number of nitrogens with one attached hydrogen (secondary N) is 1. The third kappa shape index (κ3) is 5.40. The van der Waals surface area contributed by atoms with Gasteiger partial charge in [-0.3, -0.25) is 4.79 Å². The van der Waals surface area contributed by atoms with Crippen molar-refractivity contribution in [3.05, 3.63) is 0 Å². The molecule has 0 bridgehead atoms. The van der Waals surface area contributed by atoms with E-state index in [1.165, 1.54) is 7.11 Å². The highest BCUT2D eigenvalue weighted by Crippen LogP contribution is 2.02. The highest BCUT2D eigenvalue weighted by molar-refractivity contribution is 5.72. The molecule has 14 heavy (non-hydrogen) atoms. The van der Waals surface area contributed by atoms with Crippen molar-refractivity contribution in [2.75, 3.05) is 20.3 Å². The number of hydrogen-bond donors (Lipinski definition) is 1. The van der Waals surface area contributed by atoms with E-state index < -0.39 is 6.09 Å². The minimum absolute atomic E-state index is 0.0897. The monoisotopic (exact) mass is 203 g/mol. The molecule has 0 aromatic rings. The largest absolute Gasteiger partial charge is 0.464 e. The zero-order valence-corrected chi connectivity index (χ0v) is 8.83. The Morgan fingerprint density at radius 2 is 2.07 bits per heavy atom. The molecule has 0 heterocycles. The first kappa shape index (κ1) is 12.7. The van der Waals surface area contributed by atoms with Crippen molar-refractivity contribution in [3.8, 4) is 0 Å². The Labute approximate surface area is 83.8 Å². The van der Waals surface area contributed by atoms with E-state index in [0.29, 0.717) is 0 Å². The minimum Gasteiger partial charge on any atom is -0.464 e. The van der Waals surface area contributed by atoms with Crippen molar-refractivity contribution in [1.82, 2.24) is 5.32 Å². The second-order valence-corrected chi connectivity index (χ2v) is 2.90. The number of methoxy groups -OCH3 is 1. The van der Waals surface area contributed by atoms with Gasteiger partial charge in [0.15, 0.2) is 0 Å². The standard InChI is InChI=1S/C9H17NO4/c1-4-7(2)8(11)14-6-5-10-9(12)13-3/h7H,4-6H2,1-3H3,(H,10,12). The van der Waals surface area contributed by atoms with E-state index in [-0.39, 0.29) is 25.0 Å². The molecule has 0 rings (SSSR count). The van der Waals surface area contributed by atoms with Crippen LogP contribution in [-0.4, -0.2) is 32.3 Å². The van der Waals surface area contributed by atoms with Gasteiger partial charge in [0.2, 0.25) is 0 Å². The molecule has 1 N–H and O–H groups in total. The molecule has 0 saturated carbocycles. The van der Waals surface area contributed by atoms with Gasteiger partial charge in [0.05, 0.1) is 19.6 Å². The first-order chi connectivity index (χ1) is 6.61. The van der Waals surface area contributed by atoms with Gasteiger partial charge in [-0.05, 0) is 6.42 Å². The lowest BCUT2D eigenvalue weighted by atomic mass is 10.1. The van der Waals surface area contributed by atoms with Gasteiger partial charge in [-0.15, -0.1) is 0 Å². The van der Waals surface area contributed by atoms with Gasteiger partial charge in [-0.25, -0.2) is 4.79 Å². The predicted molar refractivity (Wildman–Crippen MR) is 50.8 cm³/mol. The molecule has 0 aliphatic carbocycles. The SMILES string of the molecule is CCC(C)C(=O)OCCNC(=O)OC. The third-order valence-corrected chi connectivity index (χ3v) is 1.82. The highest BCUT2D eigenvalue weighted by atomic mass is 16.5. The molecule has 0 aromatic carbocycles. The number of carbonyl (C=O) groups is 2. The minimum atomic E-state index is -0.524. The predicted octanol–water partition coefficient (Wildman–Crippen LogP) is 0.932. The fourth-order valence-corrected chi connectivity index (χ4v) is 0.686. The van der Waals surface area contributed by atoms with Gasteiger partial charge >= 0.3 is 12.1 Å². The molecular formula is C9H17NO4. The summed E-state index contributed by atoms with van der Waals surface area (Å²) in [4.78, 5) is 21.7. The summed E-state index contributed by atoms with van der Waals surface area (Å²) < 4.78 is 9.22. The summed E-state index contributed by atoms with van der Waals surface area (Å²) in [7, 11) is 1.28. The first-order valence-electron chi connectivity index (χ1n) is 4.60. The molecule has 1 unspecified atom stereocenters. The number of rotatable bonds is 5. The summed E-state index contributed by atoms with van der Waals surface area (Å²) >= 11 is 0. The van der Waals surface area contributed by atoms with Gasteiger partial charge in [-0.2, -0.15) is 0 Å². The Morgan fingerprint density at radius 3 is 2.57 bits per heavy atom. The maximum atomic E-state index is 11.1. The first-order valence-corrected chi connectivity index (χ1v) is 4.60. The molecule has 0 aliphatic rings. The van der Waals surface area contributed by atoms with Crippen LogP contribution in [0.3, 0.4) is 0 Å². The molecule has 0 saturated heterocycles. The molecule has 82 valence electrons. The van der Waals surface area contributed by atoms with Crippen molar-refractivity contribution in [3.63, 3.8) is 0 Å². The van der Waals surface area contributed by atoms with E-state index >= 15 is 0 Å². The number of hydrogen-bond acceptors (Lipinski definition) is 4. The number of amides is 1. The Hall–Kier alpha value is -1.26. The van der Waals surface area contributed by atoms with Crippen molar-refractivity contribution >= 4 is 12.1 Å². The highest BCUT2D eigenvalue weighted by Gasteiger charge is 2.11. The van der Waals surface area contributed by atoms with Crippen LogP contribution < -0.4 is 5.32 Å².